The molecule has 0 saturated carbocycles. The fourth-order valence-corrected chi connectivity index (χ4v) is 2.21. The van der Waals surface area contributed by atoms with Gasteiger partial charge in [-0.15, -0.1) is 11.3 Å². The standard InChI is InChI=1S/C14H18N2S/c1-4-14(2,3)16-12-7-5-6-11(8-12)13-9-15-10-17-13/h5-10,16H,4H2,1-3H3. The van der Waals surface area contributed by atoms with Crippen molar-refractivity contribution in [3.8, 4) is 10.4 Å². The molecular formula is C14H18N2S. The first-order chi connectivity index (χ1) is 8.11. The van der Waals surface area contributed by atoms with Crippen LogP contribution in [0.3, 0.4) is 0 Å². The van der Waals surface area contributed by atoms with Crippen molar-refractivity contribution in [2.45, 2.75) is 32.7 Å². The molecule has 0 saturated heterocycles. The van der Waals surface area contributed by atoms with Crippen LogP contribution in [0, 0.1) is 0 Å². The second kappa shape index (κ2) is 4.88. The molecule has 2 aromatic rings. The summed E-state index contributed by atoms with van der Waals surface area (Å²) in [6.45, 7) is 6.62. The van der Waals surface area contributed by atoms with Crippen LogP contribution < -0.4 is 5.32 Å². The lowest BCUT2D eigenvalue weighted by atomic mass is 10.0. The number of nitrogens with zero attached hydrogens (tertiary/aromatic N) is 1. The minimum atomic E-state index is 0.131. The summed E-state index contributed by atoms with van der Waals surface area (Å²) in [5.74, 6) is 0. The first-order valence-electron chi connectivity index (χ1n) is 5.88. The third-order valence-corrected chi connectivity index (χ3v) is 3.77. The van der Waals surface area contributed by atoms with Gasteiger partial charge in [0.1, 0.15) is 0 Å². The molecule has 0 aliphatic carbocycles. The summed E-state index contributed by atoms with van der Waals surface area (Å²) in [4.78, 5) is 5.33. The Bertz CT molecular complexity index is 475. The number of nitrogens with one attached hydrogen (secondary N) is 1. The molecule has 0 aliphatic heterocycles. The summed E-state index contributed by atoms with van der Waals surface area (Å²) in [6, 6.07) is 8.51. The Morgan fingerprint density at radius 1 is 1.35 bits per heavy atom. The number of thiazole rings is 1. The van der Waals surface area contributed by atoms with Crippen molar-refractivity contribution in [1.82, 2.24) is 4.98 Å². The van der Waals surface area contributed by atoms with Gasteiger partial charge in [-0.1, -0.05) is 19.1 Å². The van der Waals surface area contributed by atoms with Gasteiger partial charge in [0.2, 0.25) is 0 Å². The molecular weight excluding hydrogens is 228 g/mol. The van der Waals surface area contributed by atoms with Gasteiger partial charge >= 0.3 is 0 Å². The Morgan fingerprint density at radius 2 is 2.18 bits per heavy atom. The topological polar surface area (TPSA) is 24.9 Å². The molecule has 3 heteroatoms. The zero-order valence-electron chi connectivity index (χ0n) is 10.5. The monoisotopic (exact) mass is 246 g/mol. The molecule has 1 heterocycles. The molecule has 2 rings (SSSR count). The highest BCUT2D eigenvalue weighted by Crippen LogP contribution is 2.27. The Hall–Kier alpha value is -1.35. The van der Waals surface area contributed by atoms with E-state index in [0.717, 1.165) is 6.42 Å². The van der Waals surface area contributed by atoms with Gasteiger partial charge in [-0.2, -0.15) is 0 Å². The average Bonchev–Trinajstić information content (AvgIpc) is 2.82. The molecule has 2 nitrogen and oxygen atoms in total. The Morgan fingerprint density at radius 3 is 2.82 bits per heavy atom. The first kappa shape index (κ1) is 12.1. The van der Waals surface area contributed by atoms with Gasteiger partial charge in [0.15, 0.2) is 0 Å². The number of hydrogen-bond acceptors (Lipinski definition) is 3. The van der Waals surface area contributed by atoms with Gasteiger partial charge in [-0.05, 0) is 38.0 Å². The van der Waals surface area contributed by atoms with Gasteiger partial charge in [-0.3, -0.25) is 4.98 Å². The molecule has 1 aromatic carbocycles. The smallest absolute Gasteiger partial charge is 0.0797 e. The van der Waals surface area contributed by atoms with Gasteiger partial charge in [0.05, 0.1) is 10.4 Å². The fraction of sp³-hybridized carbons (Fsp3) is 0.357. The highest BCUT2D eigenvalue weighted by Gasteiger charge is 2.14. The number of benzene rings is 1. The van der Waals surface area contributed by atoms with Crippen LogP contribution in [-0.2, 0) is 0 Å². The predicted octanol–water partition coefficient (Wildman–Crippen LogP) is 4.41. The molecule has 17 heavy (non-hydrogen) atoms. The maximum atomic E-state index is 4.12. The average molecular weight is 246 g/mol. The van der Waals surface area contributed by atoms with Crippen molar-refractivity contribution in [1.29, 1.82) is 0 Å². The number of hydrogen-bond donors (Lipinski definition) is 1. The summed E-state index contributed by atoms with van der Waals surface area (Å²) < 4.78 is 0. The molecule has 0 amide bonds. The van der Waals surface area contributed by atoms with E-state index in [1.807, 2.05) is 11.7 Å². The van der Waals surface area contributed by atoms with E-state index in [-0.39, 0.29) is 5.54 Å². The minimum Gasteiger partial charge on any atom is -0.380 e. The summed E-state index contributed by atoms with van der Waals surface area (Å²) in [5, 5.41) is 3.55. The van der Waals surface area contributed by atoms with E-state index >= 15 is 0 Å². The van der Waals surface area contributed by atoms with Gasteiger partial charge in [0.25, 0.3) is 0 Å². The third-order valence-electron chi connectivity index (χ3n) is 2.95. The molecule has 1 aromatic heterocycles. The molecule has 0 fully saturated rings. The van der Waals surface area contributed by atoms with Crippen LogP contribution >= 0.6 is 11.3 Å². The second-order valence-electron chi connectivity index (χ2n) is 4.81. The summed E-state index contributed by atoms with van der Waals surface area (Å²) >= 11 is 1.67. The summed E-state index contributed by atoms with van der Waals surface area (Å²) in [5.41, 5.74) is 4.39. The number of aromatic nitrogens is 1. The SMILES string of the molecule is CCC(C)(C)Nc1cccc(-c2cncs2)c1. The van der Waals surface area contributed by atoms with Crippen LogP contribution in [0.25, 0.3) is 10.4 Å². The van der Waals surface area contributed by atoms with Crippen molar-refractivity contribution in [2.75, 3.05) is 5.32 Å². The van der Waals surface area contributed by atoms with E-state index in [0.29, 0.717) is 0 Å². The normalized spacial score (nSPS) is 11.5. The van der Waals surface area contributed by atoms with Crippen molar-refractivity contribution >= 4 is 17.0 Å². The molecule has 0 unspecified atom stereocenters. The second-order valence-corrected chi connectivity index (χ2v) is 5.70. The molecule has 0 spiro atoms. The van der Waals surface area contributed by atoms with Crippen molar-refractivity contribution in [3.05, 3.63) is 36.0 Å². The lowest BCUT2D eigenvalue weighted by molar-refractivity contribution is 0.547. The van der Waals surface area contributed by atoms with Crippen molar-refractivity contribution in [2.24, 2.45) is 0 Å². The maximum absolute atomic E-state index is 4.12. The molecule has 0 aliphatic rings. The quantitative estimate of drug-likeness (QED) is 0.864. The van der Waals surface area contributed by atoms with Crippen molar-refractivity contribution in [3.63, 3.8) is 0 Å². The van der Waals surface area contributed by atoms with Crippen LogP contribution in [0.4, 0.5) is 5.69 Å². The Kier molecular flexibility index (Phi) is 3.48. The minimum absolute atomic E-state index is 0.131. The summed E-state index contributed by atoms with van der Waals surface area (Å²) in [7, 11) is 0. The van der Waals surface area contributed by atoms with E-state index in [4.69, 9.17) is 0 Å². The van der Waals surface area contributed by atoms with E-state index in [1.165, 1.54) is 16.1 Å². The number of rotatable bonds is 4. The van der Waals surface area contributed by atoms with Gasteiger partial charge < -0.3 is 5.32 Å². The van der Waals surface area contributed by atoms with E-state index in [2.05, 4.69) is 55.3 Å². The first-order valence-corrected chi connectivity index (χ1v) is 6.76. The van der Waals surface area contributed by atoms with Crippen molar-refractivity contribution < 1.29 is 0 Å². The largest absolute Gasteiger partial charge is 0.380 e. The van der Waals surface area contributed by atoms with Crippen LogP contribution in [0.1, 0.15) is 27.2 Å². The van der Waals surface area contributed by atoms with Crippen LogP contribution in [0.5, 0.6) is 0 Å². The molecule has 90 valence electrons. The van der Waals surface area contributed by atoms with Gasteiger partial charge in [-0.25, -0.2) is 0 Å². The van der Waals surface area contributed by atoms with E-state index in [1.54, 1.807) is 11.3 Å². The highest BCUT2D eigenvalue weighted by atomic mass is 32.1. The lowest BCUT2D eigenvalue weighted by Gasteiger charge is -2.26. The van der Waals surface area contributed by atoms with Crippen LogP contribution in [0.15, 0.2) is 36.0 Å². The zero-order chi connectivity index (χ0) is 12.3. The maximum Gasteiger partial charge on any atom is 0.0797 e. The lowest BCUT2D eigenvalue weighted by Crippen LogP contribution is -2.29. The van der Waals surface area contributed by atoms with Crippen LogP contribution in [-0.4, -0.2) is 10.5 Å². The zero-order valence-corrected chi connectivity index (χ0v) is 11.3. The van der Waals surface area contributed by atoms with E-state index < -0.39 is 0 Å². The predicted molar refractivity (Wildman–Crippen MR) is 75.5 cm³/mol. The summed E-state index contributed by atoms with van der Waals surface area (Å²) in [6.07, 6.45) is 3.01. The fourth-order valence-electron chi connectivity index (χ4n) is 1.59. The van der Waals surface area contributed by atoms with E-state index in [9.17, 15) is 0 Å². The molecule has 1 N–H and O–H groups in total. The number of anilines is 1. The molecule has 0 radical (unpaired) electrons. The van der Waals surface area contributed by atoms with Crippen LogP contribution in [0.2, 0.25) is 0 Å². The van der Waals surface area contributed by atoms with Gasteiger partial charge in [0, 0.05) is 17.4 Å². The third kappa shape index (κ3) is 3.07. The highest BCUT2D eigenvalue weighted by molar-refractivity contribution is 7.13. The Labute approximate surface area is 107 Å². The molecule has 0 bridgehead atoms. The molecule has 0 atom stereocenters. The Balaban J connectivity index is 2.23.